The summed E-state index contributed by atoms with van der Waals surface area (Å²) in [5, 5.41) is 4.45. The Morgan fingerprint density at radius 1 is 0.806 bits per heavy atom. The Hall–Kier alpha value is -3.99. The minimum absolute atomic E-state index is 0.263. The molecule has 0 fully saturated rings. The summed E-state index contributed by atoms with van der Waals surface area (Å²) in [5.74, 6) is 0.530. The van der Waals surface area contributed by atoms with Crippen molar-refractivity contribution < 1.29 is 4.39 Å². The summed E-state index contributed by atoms with van der Waals surface area (Å²) < 4.78 is 15.5. The van der Waals surface area contributed by atoms with Crippen molar-refractivity contribution >= 4 is 16.9 Å². The van der Waals surface area contributed by atoms with E-state index in [0.29, 0.717) is 0 Å². The molecule has 152 valence electrons. The lowest BCUT2D eigenvalue weighted by Crippen LogP contribution is -2.07. The Morgan fingerprint density at radius 2 is 1.52 bits per heavy atom. The lowest BCUT2D eigenvalue weighted by molar-refractivity contribution is 0.627. The largest absolute Gasteiger partial charge is 0.369 e. The monoisotopic (exact) mass is 408 g/mol. The molecule has 0 saturated heterocycles. The lowest BCUT2D eigenvalue weighted by atomic mass is 10.1. The van der Waals surface area contributed by atoms with E-state index in [-0.39, 0.29) is 5.82 Å². The van der Waals surface area contributed by atoms with Crippen molar-refractivity contribution in [1.29, 1.82) is 0 Å². The third-order valence-electron chi connectivity index (χ3n) is 5.32. The van der Waals surface area contributed by atoms with Gasteiger partial charge in [-0.15, -0.1) is 0 Å². The molecule has 1 N–H and O–H groups in total. The summed E-state index contributed by atoms with van der Waals surface area (Å²) in [6, 6.07) is 27.0. The molecule has 3 aromatic carbocycles. The van der Waals surface area contributed by atoms with Crippen molar-refractivity contribution in [2.45, 2.75) is 6.42 Å². The van der Waals surface area contributed by atoms with E-state index in [9.17, 15) is 4.39 Å². The van der Waals surface area contributed by atoms with Crippen LogP contribution in [0.15, 0.2) is 97.5 Å². The predicted octanol–water partition coefficient (Wildman–Crippen LogP) is 5.88. The molecule has 0 unspecified atom stereocenters. The van der Waals surface area contributed by atoms with Crippen LogP contribution >= 0.6 is 0 Å². The van der Waals surface area contributed by atoms with Gasteiger partial charge < -0.3 is 9.88 Å². The highest BCUT2D eigenvalue weighted by molar-refractivity contribution is 6.02. The van der Waals surface area contributed by atoms with E-state index >= 15 is 0 Å². The fraction of sp³-hybridized carbons (Fsp3) is 0.0769. The number of hydrogen-bond acceptors (Lipinski definition) is 3. The molecule has 4 nitrogen and oxygen atoms in total. The highest BCUT2D eigenvalue weighted by Crippen LogP contribution is 2.35. The minimum atomic E-state index is -0.263. The normalized spacial score (nSPS) is 11.0. The van der Waals surface area contributed by atoms with E-state index in [1.165, 1.54) is 17.7 Å². The Labute approximate surface area is 180 Å². The van der Waals surface area contributed by atoms with Crippen LogP contribution in [0.3, 0.4) is 0 Å². The number of benzene rings is 3. The van der Waals surface area contributed by atoms with Crippen molar-refractivity contribution in [3.05, 3.63) is 109 Å². The molecule has 2 heterocycles. The third-order valence-corrected chi connectivity index (χ3v) is 5.32. The molecule has 0 bridgehead atoms. The number of fused-ring (bicyclic) bond motifs is 1. The lowest BCUT2D eigenvalue weighted by Gasteiger charge is -2.09. The van der Waals surface area contributed by atoms with Gasteiger partial charge in [0.25, 0.3) is 0 Å². The van der Waals surface area contributed by atoms with Crippen LogP contribution in [-0.2, 0) is 6.42 Å². The summed E-state index contributed by atoms with van der Waals surface area (Å²) in [4.78, 5) is 9.12. The number of rotatable bonds is 6. The molecule has 0 aliphatic rings. The minimum Gasteiger partial charge on any atom is -0.369 e. The topological polar surface area (TPSA) is 42.7 Å². The van der Waals surface area contributed by atoms with Crippen LogP contribution in [0.1, 0.15) is 5.56 Å². The van der Waals surface area contributed by atoms with Gasteiger partial charge in [-0.05, 0) is 41.8 Å². The van der Waals surface area contributed by atoms with Crippen LogP contribution in [-0.4, -0.2) is 21.1 Å². The van der Waals surface area contributed by atoms with Gasteiger partial charge in [0.05, 0.1) is 5.39 Å². The van der Waals surface area contributed by atoms with Crippen LogP contribution < -0.4 is 5.32 Å². The van der Waals surface area contributed by atoms with E-state index in [4.69, 9.17) is 0 Å². The van der Waals surface area contributed by atoms with Crippen molar-refractivity contribution in [3.63, 3.8) is 0 Å². The van der Waals surface area contributed by atoms with Gasteiger partial charge in [0, 0.05) is 24.0 Å². The zero-order valence-corrected chi connectivity index (χ0v) is 16.9. The smallest absolute Gasteiger partial charge is 0.150 e. The average Bonchev–Trinajstić information content (AvgIpc) is 3.21. The van der Waals surface area contributed by atoms with E-state index < -0.39 is 0 Å². The Kier molecular flexibility index (Phi) is 5.15. The first kappa shape index (κ1) is 19.0. The van der Waals surface area contributed by atoms with E-state index in [1.807, 2.05) is 35.0 Å². The maximum atomic E-state index is 13.5. The van der Waals surface area contributed by atoms with Crippen LogP contribution in [0, 0.1) is 5.82 Å². The van der Waals surface area contributed by atoms with Crippen LogP contribution in [0.2, 0.25) is 0 Å². The van der Waals surface area contributed by atoms with E-state index in [0.717, 1.165) is 46.6 Å². The summed E-state index contributed by atoms with van der Waals surface area (Å²) in [6.45, 7) is 0.756. The van der Waals surface area contributed by atoms with Crippen LogP contribution in [0.4, 0.5) is 10.2 Å². The second kappa shape index (κ2) is 8.40. The standard InChI is InChI=1S/C26H21FN4/c27-21-11-13-22(14-12-21)31-17-23(20-9-5-2-6-10-20)24-25(29-18-30-26(24)31)28-16-15-19-7-3-1-4-8-19/h1-14,17-18H,15-16H2,(H,28,29,30). The molecule has 0 aliphatic carbocycles. The van der Waals surface area contributed by atoms with E-state index in [2.05, 4.69) is 51.7 Å². The molecular weight excluding hydrogens is 387 g/mol. The van der Waals surface area contributed by atoms with Gasteiger partial charge >= 0.3 is 0 Å². The van der Waals surface area contributed by atoms with Gasteiger partial charge in [-0.2, -0.15) is 0 Å². The number of nitrogens with zero attached hydrogens (tertiary/aromatic N) is 3. The molecule has 0 spiro atoms. The molecule has 0 radical (unpaired) electrons. The van der Waals surface area contributed by atoms with Gasteiger partial charge in [0.15, 0.2) is 5.65 Å². The number of halogens is 1. The molecule has 0 atom stereocenters. The first-order valence-electron chi connectivity index (χ1n) is 10.2. The Bertz CT molecular complexity index is 1300. The Morgan fingerprint density at radius 3 is 2.26 bits per heavy atom. The molecule has 0 saturated carbocycles. The van der Waals surface area contributed by atoms with Crippen molar-refractivity contribution in [1.82, 2.24) is 14.5 Å². The first-order valence-corrected chi connectivity index (χ1v) is 10.2. The SMILES string of the molecule is Fc1ccc(-n2cc(-c3ccccc3)c3c(NCCc4ccccc4)ncnc32)cc1. The first-order chi connectivity index (χ1) is 15.3. The second-order valence-corrected chi connectivity index (χ2v) is 7.34. The van der Waals surface area contributed by atoms with Gasteiger partial charge in [0.1, 0.15) is 18.0 Å². The zero-order valence-electron chi connectivity index (χ0n) is 16.9. The van der Waals surface area contributed by atoms with Gasteiger partial charge in [-0.3, -0.25) is 0 Å². The summed E-state index contributed by atoms with van der Waals surface area (Å²) in [5.41, 5.74) is 5.01. The quantitative estimate of drug-likeness (QED) is 0.381. The maximum absolute atomic E-state index is 13.5. The van der Waals surface area contributed by atoms with Crippen molar-refractivity contribution in [2.75, 3.05) is 11.9 Å². The predicted molar refractivity (Wildman–Crippen MR) is 123 cm³/mol. The summed E-state index contributed by atoms with van der Waals surface area (Å²) in [6.07, 6.45) is 4.51. The van der Waals surface area contributed by atoms with Crippen LogP contribution in [0.5, 0.6) is 0 Å². The molecule has 5 rings (SSSR count). The molecule has 0 aliphatic heterocycles. The molecule has 31 heavy (non-hydrogen) atoms. The van der Waals surface area contributed by atoms with Crippen molar-refractivity contribution in [2.24, 2.45) is 0 Å². The number of hydrogen-bond donors (Lipinski definition) is 1. The highest BCUT2D eigenvalue weighted by Gasteiger charge is 2.17. The molecular formula is C26H21FN4. The highest BCUT2D eigenvalue weighted by atomic mass is 19.1. The average molecular weight is 408 g/mol. The third kappa shape index (κ3) is 3.90. The van der Waals surface area contributed by atoms with Gasteiger partial charge in [0.2, 0.25) is 0 Å². The molecule has 5 heteroatoms. The second-order valence-electron chi connectivity index (χ2n) is 7.34. The number of anilines is 1. The molecule has 2 aromatic heterocycles. The summed E-state index contributed by atoms with van der Waals surface area (Å²) >= 11 is 0. The summed E-state index contributed by atoms with van der Waals surface area (Å²) in [7, 11) is 0. The van der Waals surface area contributed by atoms with Gasteiger partial charge in [-0.1, -0.05) is 60.7 Å². The number of nitrogens with one attached hydrogen (secondary N) is 1. The molecule has 5 aromatic rings. The van der Waals surface area contributed by atoms with Crippen LogP contribution in [0.25, 0.3) is 27.8 Å². The fourth-order valence-electron chi connectivity index (χ4n) is 3.80. The van der Waals surface area contributed by atoms with E-state index in [1.54, 1.807) is 18.5 Å². The fourth-order valence-corrected chi connectivity index (χ4v) is 3.80. The van der Waals surface area contributed by atoms with Crippen molar-refractivity contribution in [3.8, 4) is 16.8 Å². The Balaban J connectivity index is 1.58. The zero-order chi connectivity index (χ0) is 21.0. The number of aromatic nitrogens is 3. The van der Waals surface area contributed by atoms with Gasteiger partial charge in [-0.25, -0.2) is 14.4 Å². The molecule has 0 amide bonds. The maximum Gasteiger partial charge on any atom is 0.150 e.